The zero-order valence-corrected chi connectivity index (χ0v) is 17.3. The van der Waals surface area contributed by atoms with Crippen LogP contribution in [0.4, 0.5) is 8.78 Å². The molecule has 0 radical (unpaired) electrons. The van der Waals surface area contributed by atoms with Gasteiger partial charge in [-0.2, -0.15) is 0 Å². The van der Waals surface area contributed by atoms with Gasteiger partial charge in [-0.1, -0.05) is 0 Å². The molecule has 2 aromatic heterocycles. The molecule has 162 valence electrons. The number of furan rings is 1. The van der Waals surface area contributed by atoms with E-state index in [2.05, 4.69) is 5.32 Å². The van der Waals surface area contributed by atoms with E-state index < -0.39 is 0 Å². The quantitative estimate of drug-likeness (QED) is 0.376. The highest BCUT2D eigenvalue weighted by molar-refractivity contribution is 5.98. The minimum absolute atomic E-state index is 0.264. The molecule has 0 saturated carbocycles. The Balaban J connectivity index is 1.57. The molecule has 0 saturated heterocycles. The van der Waals surface area contributed by atoms with Crippen LogP contribution in [0.1, 0.15) is 16.1 Å². The van der Waals surface area contributed by atoms with Crippen LogP contribution in [0.5, 0.6) is 0 Å². The maximum absolute atomic E-state index is 13.5. The topological polar surface area (TPSA) is 68.0 Å². The molecule has 0 spiro atoms. The van der Waals surface area contributed by atoms with E-state index in [4.69, 9.17) is 14.4 Å². The fourth-order valence-corrected chi connectivity index (χ4v) is 3.50. The molecule has 2 heterocycles. The lowest BCUT2D eigenvalue weighted by Crippen LogP contribution is -2.22. The molecule has 1 N–H and O–H groups in total. The Labute approximate surface area is 187 Å². The SMILES string of the molecule is O=C(NCc1ccco1)c1ccc2nc(-c3ccc(F)cc3)c(-c3ccc(F)cc3)nc2c1. The summed E-state index contributed by atoms with van der Waals surface area (Å²) in [5, 5.41) is 2.80. The zero-order chi connectivity index (χ0) is 22.8. The molecule has 5 aromatic rings. The number of aromatic nitrogens is 2. The second kappa shape index (κ2) is 8.63. The van der Waals surface area contributed by atoms with E-state index in [1.807, 2.05) is 0 Å². The standard InChI is InChI=1S/C26H17F2N3O2/c27-19-8-3-16(4-9-19)24-25(17-5-10-20(28)11-6-17)31-23-14-18(7-12-22(23)30-24)26(32)29-15-21-2-1-13-33-21/h1-14H,15H2,(H,29,32). The number of rotatable bonds is 5. The number of benzene rings is 3. The number of hydrogen-bond acceptors (Lipinski definition) is 4. The second-order valence-corrected chi connectivity index (χ2v) is 7.40. The molecule has 0 aliphatic heterocycles. The first-order valence-corrected chi connectivity index (χ1v) is 10.2. The van der Waals surface area contributed by atoms with Crippen molar-refractivity contribution in [2.45, 2.75) is 6.54 Å². The van der Waals surface area contributed by atoms with Gasteiger partial charge >= 0.3 is 0 Å². The van der Waals surface area contributed by atoms with Crippen LogP contribution in [-0.4, -0.2) is 15.9 Å². The molecule has 3 aromatic carbocycles. The summed E-state index contributed by atoms with van der Waals surface area (Å²) < 4.78 is 32.2. The monoisotopic (exact) mass is 441 g/mol. The van der Waals surface area contributed by atoms with Gasteiger partial charge in [0.05, 0.1) is 35.2 Å². The van der Waals surface area contributed by atoms with Crippen molar-refractivity contribution in [2.75, 3.05) is 0 Å². The number of carbonyl (C=O) groups is 1. The van der Waals surface area contributed by atoms with Crippen molar-refractivity contribution in [3.8, 4) is 22.5 Å². The fraction of sp³-hybridized carbons (Fsp3) is 0.0385. The Hall–Kier alpha value is -4.39. The maximum atomic E-state index is 13.5. The number of hydrogen-bond donors (Lipinski definition) is 1. The minimum Gasteiger partial charge on any atom is -0.467 e. The van der Waals surface area contributed by atoms with Gasteiger partial charge < -0.3 is 9.73 Å². The van der Waals surface area contributed by atoms with Gasteiger partial charge in [0.2, 0.25) is 0 Å². The summed E-state index contributed by atoms with van der Waals surface area (Å²) in [5.74, 6) is -0.361. The average molecular weight is 441 g/mol. The molecule has 1 amide bonds. The predicted molar refractivity (Wildman–Crippen MR) is 120 cm³/mol. The van der Waals surface area contributed by atoms with Crippen LogP contribution in [0.2, 0.25) is 0 Å². The number of nitrogens with one attached hydrogen (secondary N) is 1. The molecule has 0 aliphatic rings. The van der Waals surface area contributed by atoms with Crippen LogP contribution in [0.3, 0.4) is 0 Å². The number of amides is 1. The van der Waals surface area contributed by atoms with Crippen molar-refractivity contribution in [1.29, 1.82) is 0 Å². The van der Waals surface area contributed by atoms with Crippen molar-refractivity contribution >= 4 is 16.9 Å². The Morgan fingerprint density at radius 3 is 1.97 bits per heavy atom. The molecular weight excluding hydrogens is 424 g/mol. The van der Waals surface area contributed by atoms with Gasteiger partial charge in [0, 0.05) is 16.7 Å². The van der Waals surface area contributed by atoms with E-state index in [0.29, 0.717) is 44.9 Å². The van der Waals surface area contributed by atoms with E-state index >= 15 is 0 Å². The lowest BCUT2D eigenvalue weighted by atomic mass is 10.0. The van der Waals surface area contributed by atoms with Crippen LogP contribution in [0.25, 0.3) is 33.5 Å². The average Bonchev–Trinajstić information content (AvgIpc) is 3.36. The van der Waals surface area contributed by atoms with E-state index in [1.54, 1.807) is 60.9 Å². The van der Waals surface area contributed by atoms with Gasteiger partial charge in [-0.05, 0) is 78.9 Å². The molecule has 33 heavy (non-hydrogen) atoms. The van der Waals surface area contributed by atoms with E-state index in [0.717, 1.165) is 0 Å². The highest BCUT2D eigenvalue weighted by Crippen LogP contribution is 2.31. The molecule has 5 nitrogen and oxygen atoms in total. The van der Waals surface area contributed by atoms with Crippen molar-refractivity contribution in [3.05, 3.63) is 108 Å². The van der Waals surface area contributed by atoms with Crippen molar-refractivity contribution < 1.29 is 18.0 Å². The number of fused-ring (bicyclic) bond motifs is 1. The molecule has 0 bridgehead atoms. The highest BCUT2D eigenvalue weighted by Gasteiger charge is 2.15. The first-order valence-electron chi connectivity index (χ1n) is 10.2. The summed E-state index contributed by atoms with van der Waals surface area (Å²) in [6.07, 6.45) is 1.54. The van der Waals surface area contributed by atoms with Gasteiger partial charge in [-0.15, -0.1) is 0 Å². The van der Waals surface area contributed by atoms with Crippen molar-refractivity contribution in [3.63, 3.8) is 0 Å². The number of halogens is 2. The normalized spacial score (nSPS) is 11.0. The third-order valence-corrected chi connectivity index (χ3v) is 5.17. The van der Waals surface area contributed by atoms with Crippen molar-refractivity contribution in [1.82, 2.24) is 15.3 Å². The number of carbonyl (C=O) groups excluding carboxylic acids is 1. The number of nitrogens with zero attached hydrogens (tertiary/aromatic N) is 2. The van der Waals surface area contributed by atoms with E-state index in [1.165, 1.54) is 24.3 Å². The second-order valence-electron chi connectivity index (χ2n) is 7.40. The van der Waals surface area contributed by atoms with Crippen LogP contribution in [0.15, 0.2) is 89.5 Å². The summed E-state index contributed by atoms with van der Waals surface area (Å²) in [6.45, 7) is 0.264. The maximum Gasteiger partial charge on any atom is 0.251 e. The Morgan fingerprint density at radius 2 is 1.39 bits per heavy atom. The van der Waals surface area contributed by atoms with Crippen LogP contribution in [-0.2, 0) is 6.54 Å². The van der Waals surface area contributed by atoms with Crippen LogP contribution in [0, 0.1) is 11.6 Å². The van der Waals surface area contributed by atoms with Crippen molar-refractivity contribution in [2.24, 2.45) is 0 Å². The summed E-state index contributed by atoms with van der Waals surface area (Å²) in [5.41, 5.74) is 3.85. The lowest BCUT2D eigenvalue weighted by molar-refractivity contribution is 0.0948. The van der Waals surface area contributed by atoms with Gasteiger partial charge in [0.25, 0.3) is 5.91 Å². The summed E-state index contributed by atoms with van der Waals surface area (Å²) in [7, 11) is 0. The Kier molecular flexibility index (Phi) is 5.36. The first kappa shape index (κ1) is 20.5. The van der Waals surface area contributed by atoms with Gasteiger partial charge in [-0.25, -0.2) is 18.7 Å². The highest BCUT2D eigenvalue weighted by atomic mass is 19.1. The largest absolute Gasteiger partial charge is 0.467 e. The zero-order valence-electron chi connectivity index (χ0n) is 17.3. The molecule has 0 atom stereocenters. The van der Waals surface area contributed by atoms with Gasteiger partial charge in [-0.3, -0.25) is 4.79 Å². The molecule has 0 fully saturated rings. The van der Waals surface area contributed by atoms with E-state index in [9.17, 15) is 13.6 Å². The van der Waals surface area contributed by atoms with Gasteiger partial charge in [0.15, 0.2) is 0 Å². The summed E-state index contributed by atoms with van der Waals surface area (Å²) >= 11 is 0. The minimum atomic E-state index is -0.369. The summed E-state index contributed by atoms with van der Waals surface area (Å²) in [4.78, 5) is 22.1. The smallest absolute Gasteiger partial charge is 0.251 e. The molecule has 0 unspecified atom stereocenters. The van der Waals surface area contributed by atoms with Crippen LogP contribution < -0.4 is 5.32 Å². The van der Waals surface area contributed by atoms with Crippen LogP contribution >= 0.6 is 0 Å². The first-order chi connectivity index (χ1) is 16.1. The van der Waals surface area contributed by atoms with Gasteiger partial charge in [0.1, 0.15) is 17.4 Å². The fourth-order valence-electron chi connectivity index (χ4n) is 3.50. The molecule has 0 aliphatic carbocycles. The lowest BCUT2D eigenvalue weighted by Gasteiger charge is -2.11. The molecule has 5 rings (SSSR count). The molecular formula is C26H17F2N3O2. The third-order valence-electron chi connectivity index (χ3n) is 5.17. The summed E-state index contributed by atoms with van der Waals surface area (Å²) in [6, 6.07) is 20.4. The predicted octanol–water partition coefficient (Wildman–Crippen LogP) is 5.77. The Bertz CT molecular complexity index is 1430. The Morgan fingerprint density at radius 1 is 0.788 bits per heavy atom. The molecule has 7 heteroatoms. The van der Waals surface area contributed by atoms with E-state index in [-0.39, 0.29) is 24.1 Å². The third kappa shape index (κ3) is 4.34.